The van der Waals surface area contributed by atoms with Crippen LogP contribution in [-0.2, 0) is 0 Å². The Morgan fingerprint density at radius 3 is 2.46 bits per heavy atom. The first-order chi connectivity index (χ1) is 16.8. The maximum atomic E-state index is 14.7. The average molecular weight is 480 g/mol. The van der Waals surface area contributed by atoms with Crippen molar-refractivity contribution in [1.82, 2.24) is 4.90 Å². The summed E-state index contributed by atoms with van der Waals surface area (Å²) in [4.78, 5) is 15.8. The van der Waals surface area contributed by atoms with Gasteiger partial charge in [-0.05, 0) is 47.9 Å². The molecular formula is C28H30FNO5. The van der Waals surface area contributed by atoms with Gasteiger partial charge in [0.25, 0.3) is 0 Å². The quantitative estimate of drug-likeness (QED) is 0.387. The number of carbonyl (C=O) groups excluding carboxylic acids is 1. The van der Waals surface area contributed by atoms with E-state index in [0.717, 1.165) is 0 Å². The molecule has 184 valence electrons. The fraction of sp³-hybridized carbons (Fsp3) is 0.321. The van der Waals surface area contributed by atoms with Crippen molar-refractivity contribution in [2.24, 2.45) is 5.92 Å². The predicted molar refractivity (Wildman–Crippen MR) is 130 cm³/mol. The summed E-state index contributed by atoms with van der Waals surface area (Å²) in [5.41, 5.74) is 2.07. The first-order valence-corrected chi connectivity index (χ1v) is 11.7. The first-order valence-electron chi connectivity index (χ1n) is 11.7. The van der Waals surface area contributed by atoms with Crippen LogP contribution >= 0.6 is 0 Å². The van der Waals surface area contributed by atoms with Crippen molar-refractivity contribution in [3.05, 3.63) is 94.8 Å². The van der Waals surface area contributed by atoms with E-state index >= 15 is 0 Å². The zero-order valence-corrected chi connectivity index (χ0v) is 19.5. The Labute approximate surface area is 203 Å². The number of aliphatic hydroxyl groups is 2. The largest absolute Gasteiger partial charge is 0.508 e. The maximum Gasteiger partial charge on any atom is 0.167 e. The Morgan fingerprint density at radius 2 is 1.74 bits per heavy atom. The Kier molecular flexibility index (Phi) is 7.50. The Morgan fingerprint density at radius 1 is 1.03 bits per heavy atom. The standard InChI is InChI=1S/C28H30FNO5/c1-17-21(9-5-10-25(17)29)27-23(22-8-2-3-11-26(22)34)14-30(13-20(33)16-31)15-24(27)28(35)18-6-4-7-19(32)12-18/h2-12,20,23-24,27,31-34H,13-16H2,1H3/t20?,23-,24+,27-/m1/s1. The van der Waals surface area contributed by atoms with Crippen molar-refractivity contribution in [2.45, 2.75) is 24.9 Å². The minimum Gasteiger partial charge on any atom is -0.508 e. The number of halogens is 1. The molecule has 0 saturated carbocycles. The lowest BCUT2D eigenvalue weighted by atomic mass is 9.67. The Bertz CT molecular complexity index is 1200. The fourth-order valence-electron chi connectivity index (χ4n) is 5.27. The molecule has 0 amide bonds. The van der Waals surface area contributed by atoms with E-state index in [1.165, 1.54) is 18.2 Å². The molecule has 1 aliphatic rings. The molecule has 0 aromatic heterocycles. The Hall–Kier alpha value is -3.26. The molecule has 0 aliphatic carbocycles. The van der Waals surface area contributed by atoms with E-state index in [2.05, 4.69) is 0 Å². The van der Waals surface area contributed by atoms with Crippen molar-refractivity contribution in [2.75, 3.05) is 26.2 Å². The number of benzene rings is 3. The molecule has 3 aromatic rings. The van der Waals surface area contributed by atoms with Crippen molar-refractivity contribution >= 4 is 5.78 Å². The molecule has 1 saturated heterocycles. The van der Waals surface area contributed by atoms with Gasteiger partial charge in [0.1, 0.15) is 17.3 Å². The molecule has 4 N–H and O–H groups in total. The number of aromatic hydroxyl groups is 2. The van der Waals surface area contributed by atoms with Crippen molar-refractivity contribution < 1.29 is 29.6 Å². The number of aliphatic hydroxyl groups excluding tert-OH is 2. The summed E-state index contributed by atoms with van der Waals surface area (Å²) in [7, 11) is 0. The van der Waals surface area contributed by atoms with Crippen LogP contribution in [-0.4, -0.2) is 63.5 Å². The molecule has 7 heteroatoms. The van der Waals surface area contributed by atoms with E-state index in [1.807, 2.05) is 11.0 Å². The molecule has 0 radical (unpaired) electrons. The molecule has 1 unspecified atom stereocenters. The van der Waals surface area contributed by atoms with Gasteiger partial charge in [-0.15, -0.1) is 0 Å². The predicted octanol–water partition coefficient (Wildman–Crippen LogP) is 3.58. The molecule has 4 atom stereocenters. The van der Waals surface area contributed by atoms with Gasteiger partial charge >= 0.3 is 0 Å². The van der Waals surface area contributed by atoms with Crippen LogP contribution in [0.2, 0.25) is 0 Å². The second-order valence-corrected chi connectivity index (χ2v) is 9.22. The lowest BCUT2D eigenvalue weighted by molar-refractivity contribution is 0.0331. The third-order valence-corrected chi connectivity index (χ3v) is 6.93. The number of piperidine rings is 1. The third kappa shape index (κ3) is 5.22. The molecule has 1 heterocycles. The van der Waals surface area contributed by atoms with Crippen molar-refractivity contribution in [3.8, 4) is 11.5 Å². The summed E-state index contributed by atoms with van der Waals surface area (Å²) in [6.07, 6.45) is -0.996. The maximum absolute atomic E-state index is 14.7. The summed E-state index contributed by atoms with van der Waals surface area (Å²) in [5, 5.41) is 40.3. The summed E-state index contributed by atoms with van der Waals surface area (Å²) in [6, 6.07) is 17.8. The number of phenolic OH excluding ortho intramolecular Hbond substituents is 2. The highest BCUT2D eigenvalue weighted by atomic mass is 19.1. The lowest BCUT2D eigenvalue weighted by Crippen LogP contribution is -2.49. The van der Waals surface area contributed by atoms with E-state index in [4.69, 9.17) is 0 Å². The van der Waals surface area contributed by atoms with Gasteiger partial charge in [-0.25, -0.2) is 4.39 Å². The van der Waals surface area contributed by atoms with E-state index in [-0.39, 0.29) is 36.2 Å². The summed E-state index contributed by atoms with van der Waals surface area (Å²) in [5.74, 6) is -2.10. The number of phenols is 2. The van der Waals surface area contributed by atoms with Crippen molar-refractivity contribution in [3.63, 3.8) is 0 Å². The van der Waals surface area contributed by atoms with E-state index in [1.54, 1.807) is 49.4 Å². The number of hydrogen-bond donors (Lipinski definition) is 4. The number of likely N-dealkylation sites (tertiary alicyclic amines) is 1. The van der Waals surface area contributed by atoms with Crippen LogP contribution in [0.25, 0.3) is 0 Å². The van der Waals surface area contributed by atoms with Gasteiger partial charge in [0.2, 0.25) is 0 Å². The topological polar surface area (TPSA) is 101 Å². The number of para-hydroxylation sites is 1. The van der Waals surface area contributed by atoms with Crippen LogP contribution in [0.1, 0.15) is 38.9 Å². The van der Waals surface area contributed by atoms with Crippen LogP contribution in [0, 0.1) is 18.7 Å². The smallest absolute Gasteiger partial charge is 0.167 e. The Balaban J connectivity index is 1.88. The average Bonchev–Trinajstić information content (AvgIpc) is 2.85. The summed E-state index contributed by atoms with van der Waals surface area (Å²) < 4.78 is 14.7. The zero-order chi connectivity index (χ0) is 25.1. The SMILES string of the molecule is Cc1c(F)cccc1[C@H]1[C@@H](C(=O)c2cccc(O)c2)CN(CC(O)CO)C[C@@H]1c1ccccc1O. The van der Waals surface area contributed by atoms with Crippen LogP contribution in [0.3, 0.4) is 0 Å². The number of rotatable bonds is 7. The molecule has 0 bridgehead atoms. The molecule has 3 aromatic carbocycles. The third-order valence-electron chi connectivity index (χ3n) is 6.93. The van der Waals surface area contributed by atoms with Gasteiger partial charge in [0.05, 0.1) is 12.7 Å². The number of carbonyl (C=O) groups is 1. The van der Waals surface area contributed by atoms with Crippen molar-refractivity contribution in [1.29, 1.82) is 0 Å². The molecule has 1 fully saturated rings. The second kappa shape index (κ2) is 10.6. The van der Waals surface area contributed by atoms with Crippen LogP contribution in [0.4, 0.5) is 4.39 Å². The van der Waals surface area contributed by atoms with E-state index < -0.39 is 30.5 Å². The van der Waals surface area contributed by atoms with E-state index in [9.17, 15) is 29.6 Å². The molecule has 35 heavy (non-hydrogen) atoms. The fourth-order valence-corrected chi connectivity index (χ4v) is 5.27. The van der Waals surface area contributed by atoms with Crippen LogP contribution in [0.15, 0.2) is 66.7 Å². The van der Waals surface area contributed by atoms with Gasteiger partial charge in [0, 0.05) is 43.0 Å². The van der Waals surface area contributed by atoms with Crippen LogP contribution < -0.4 is 0 Å². The lowest BCUT2D eigenvalue weighted by Gasteiger charge is -2.45. The number of Topliss-reactive ketones (excluding diaryl/α,β-unsaturated/α-hetero) is 1. The summed E-state index contributed by atoms with van der Waals surface area (Å²) in [6.45, 7) is 2.05. The van der Waals surface area contributed by atoms with Gasteiger partial charge in [-0.3, -0.25) is 9.69 Å². The summed E-state index contributed by atoms with van der Waals surface area (Å²) >= 11 is 0. The minimum atomic E-state index is -0.996. The highest BCUT2D eigenvalue weighted by molar-refractivity contribution is 5.99. The van der Waals surface area contributed by atoms with Crippen LogP contribution in [0.5, 0.6) is 11.5 Å². The van der Waals surface area contributed by atoms with E-state index in [0.29, 0.717) is 28.8 Å². The number of hydrogen-bond acceptors (Lipinski definition) is 6. The monoisotopic (exact) mass is 479 g/mol. The molecular weight excluding hydrogens is 449 g/mol. The normalized spacial score (nSPS) is 21.5. The first kappa shape index (κ1) is 24.9. The second-order valence-electron chi connectivity index (χ2n) is 9.22. The van der Waals surface area contributed by atoms with Gasteiger partial charge in [-0.2, -0.15) is 0 Å². The van der Waals surface area contributed by atoms with Gasteiger partial charge in [0.15, 0.2) is 5.78 Å². The molecule has 1 aliphatic heterocycles. The van der Waals surface area contributed by atoms with Gasteiger partial charge < -0.3 is 20.4 Å². The van der Waals surface area contributed by atoms with Gasteiger partial charge in [-0.1, -0.05) is 42.5 Å². The molecule has 6 nitrogen and oxygen atoms in total. The molecule has 0 spiro atoms. The zero-order valence-electron chi connectivity index (χ0n) is 19.5. The number of β-amino-alcohol motifs (C(OH)–C–C–N with tert-alkyl or cyclic N) is 1. The number of nitrogens with zero attached hydrogens (tertiary/aromatic N) is 1. The highest BCUT2D eigenvalue weighted by Crippen LogP contribution is 2.47. The minimum absolute atomic E-state index is 0.0324. The highest BCUT2D eigenvalue weighted by Gasteiger charge is 2.44. The number of ketones is 1. The molecule has 4 rings (SSSR count).